The smallest absolute Gasteiger partial charge is 0.296 e. The van der Waals surface area contributed by atoms with Gasteiger partial charge in [0.2, 0.25) is 0 Å². The number of hydrogen-bond donors (Lipinski definition) is 3. The molecule has 0 amide bonds. The zero-order valence-corrected chi connectivity index (χ0v) is 21.1. The van der Waals surface area contributed by atoms with Crippen LogP contribution in [0.25, 0.3) is 33.5 Å². The van der Waals surface area contributed by atoms with Gasteiger partial charge in [0.05, 0.1) is 42.2 Å². The van der Waals surface area contributed by atoms with E-state index < -0.39 is 5.41 Å². The summed E-state index contributed by atoms with van der Waals surface area (Å²) in [5, 5.41) is 19.8. The van der Waals surface area contributed by atoms with E-state index in [1.807, 2.05) is 61.5 Å². The summed E-state index contributed by atoms with van der Waals surface area (Å²) in [7, 11) is 0. The Labute approximate surface area is 219 Å². The van der Waals surface area contributed by atoms with Gasteiger partial charge in [-0.1, -0.05) is 67.1 Å². The summed E-state index contributed by atoms with van der Waals surface area (Å²) in [6, 6.07) is 18.0. The lowest BCUT2D eigenvalue weighted by Crippen LogP contribution is -2.32. The molecule has 9 heteroatoms. The van der Waals surface area contributed by atoms with Crippen molar-refractivity contribution < 1.29 is 24.4 Å². The number of pyridine rings is 1. The Kier molecular flexibility index (Phi) is 6.38. The molecule has 2 fully saturated rings. The van der Waals surface area contributed by atoms with Gasteiger partial charge in [-0.25, -0.2) is 4.98 Å². The molecule has 0 bridgehead atoms. The number of fused-ring (bicyclic) bond motifs is 2. The number of nitrogens with zero attached hydrogens (tertiary/aromatic N) is 2. The normalized spacial score (nSPS) is 21.5. The standard InChI is InChI=1S/C28H28ClN3O5/c1-28(14-33,15-34)19-8-6-17(7-9-19)16-2-4-18(5-3-16)24-20(29)12-21-26(31-24)32-27(30-21)37-23-13-36-22-10-11-35-25(22)23/h2-9,12,22-23,25,33-34H,10-11,13-15H2,1H3,(H,30,31,32)/t22-,23?,25+/m1/s1. The van der Waals surface area contributed by atoms with E-state index in [-0.39, 0.29) is 31.5 Å². The second kappa shape index (κ2) is 9.70. The average Bonchev–Trinajstić information content (AvgIpc) is 3.65. The largest absolute Gasteiger partial charge is 0.456 e. The van der Waals surface area contributed by atoms with Gasteiger partial charge in [0, 0.05) is 17.6 Å². The fourth-order valence-corrected chi connectivity index (χ4v) is 5.21. The highest BCUT2D eigenvalue weighted by Gasteiger charge is 2.43. The van der Waals surface area contributed by atoms with Gasteiger partial charge in [0.1, 0.15) is 6.10 Å². The van der Waals surface area contributed by atoms with Gasteiger partial charge in [-0.3, -0.25) is 0 Å². The SMILES string of the molecule is CC(CO)(CO)c1ccc(-c2ccc(-c3nc4nc(OC5CO[C@@H]6CCO[C@H]56)[nH]c4cc3Cl)cc2)cc1. The summed E-state index contributed by atoms with van der Waals surface area (Å²) in [5.74, 6) is 0. The van der Waals surface area contributed by atoms with Gasteiger partial charge in [0.15, 0.2) is 11.8 Å². The van der Waals surface area contributed by atoms with E-state index in [1.54, 1.807) is 0 Å². The van der Waals surface area contributed by atoms with Crippen molar-refractivity contribution in [1.82, 2.24) is 15.0 Å². The number of aromatic amines is 1. The quantitative estimate of drug-likeness (QED) is 0.335. The van der Waals surface area contributed by atoms with Crippen LogP contribution in [0.15, 0.2) is 54.6 Å². The van der Waals surface area contributed by atoms with Crippen molar-refractivity contribution in [2.45, 2.75) is 37.1 Å². The molecular formula is C28H28ClN3O5. The van der Waals surface area contributed by atoms with E-state index in [4.69, 9.17) is 30.8 Å². The molecule has 0 saturated carbocycles. The predicted molar refractivity (Wildman–Crippen MR) is 140 cm³/mol. The molecule has 3 N–H and O–H groups in total. The van der Waals surface area contributed by atoms with E-state index in [0.29, 0.717) is 41.1 Å². The Balaban J connectivity index is 1.22. The molecule has 0 aliphatic carbocycles. The fraction of sp³-hybridized carbons (Fsp3) is 0.357. The lowest BCUT2D eigenvalue weighted by atomic mass is 9.83. The second-order valence-electron chi connectivity index (χ2n) is 9.92. The zero-order valence-electron chi connectivity index (χ0n) is 20.4. The molecule has 8 nitrogen and oxygen atoms in total. The lowest BCUT2D eigenvalue weighted by molar-refractivity contribution is 0.0273. The highest BCUT2D eigenvalue weighted by atomic mass is 35.5. The van der Waals surface area contributed by atoms with Gasteiger partial charge in [-0.05, 0) is 29.2 Å². The summed E-state index contributed by atoms with van der Waals surface area (Å²) in [6.45, 7) is 2.75. The molecule has 2 aliphatic rings. The van der Waals surface area contributed by atoms with Crippen molar-refractivity contribution in [2.24, 2.45) is 0 Å². The Morgan fingerprint density at radius 2 is 1.68 bits per heavy atom. The summed E-state index contributed by atoms with van der Waals surface area (Å²) >= 11 is 6.60. The molecule has 4 heterocycles. The van der Waals surface area contributed by atoms with E-state index in [2.05, 4.69) is 9.97 Å². The number of aliphatic hydroxyl groups is 2. The van der Waals surface area contributed by atoms with E-state index in [0.717, 1.165) is 28.7 Å². The minimum absolute atomic E-state index is 0.0658. The van der Waals surface area contributed by atoms with Crippen molar-refractivity contribution in [3.63, 3.8) is 0 Å². The molecule has 37 heavy (non-hydrogen) atoms. The maximum Gasteiger partial charge on any atom is 0.296 e. The molecule has 0 spiro atoms. The van der Waals surface area contributed by atoms with Crippen LogP contribution in [0.2, 0.25) is 5.02 Å². The number of rotatable bonds is 7. The number of imidazole rings is 1. The van der Waals surface area contributed by atoms with E-state index in [9.17, 15) is 10.2 Å². The van der Waals surface area contributed by atoms with Gasteiger partial charge in [-0.15, -0.1) is 0 Å². The number of ether oxygens (including phenoxy) is 3. The van der Waals surface area contributed by atoms with Crippen molar-refractivity contribution in [3.8, 4) is 28.4 Å². The molecule has 2 aromatic heterocycles. The highest BCUT2D eigenvalue weighted by Crippen LogP contribution is 2.33. The molecule has 2 aliphatic heterocycles. The Hall–Kier alpha value is -3.01. The summed E-state index contributed by atoms with van der Waals surface area (Å²) < 4.78 is 17.6. The Morgan fingerprint density at radius 3 is 2.38 bits per heavy atom. The Morgan fingerprint density at radius 1 is 1.00 bits per heavy atom. The maximum absolute atomic E-state index is 9.65. The van der Waals surface area contributed by atoms with Crippen molar-refractivity contribution in [1.29, 1.82) is 0 Å². The van der Waals surface area contributed by atoms with Crippen molar-refractivity contribution >= 4 is 22.8 Å². The number of aromatic nitrogens is 3. The average molecular weight is 522 g/mol. The topological polar surface area (TPSA) is 110 Å². The first-order valence-corrected chi connectivity index (χ1v) is 12.7. The van der Waals surface area contributed by atoms with Gasteiger partial charge >= 0.3 is 0 Å². The van der Waals surface area contributed by atoms with Crippen LogP contribution in [0.5, 0.6) is 6.01 Å². The summed E-state index contributed by atoms with van der Waals surface area (Å²) in [5.41, 5.74) is 5.01. The third-order valence-electron chi connectivity index (χ3n) is 7.36. The number of nitrogens with one attached hydrogen (secondary N) is 1. The number of hydrogen-bond acceptors (Lipinski definition) is 7. The Bertz CT molecular complexity index is 1400. The zero-order chi connectivity index (χ0) is 25.6. The van der Waals surface area contributed by atoms with Gasteiger partial charge in [-0.2, -0.15) is 4.98 Å². The van der Waals surface area contributed by atoms with E-state index >= 15 is 0 Å². The molecule has 0 radical (unpaired) electrons. The minimum atomic E-state index is -0.668. The van der Waals surface area contributed by atoms with Crippen LogP contribution in [0.3, 0.4) is 0 Å². The van der Waals surface area contributed by atoms with Crippen LogP contribution < -0.4 is 4.74 Å². The number of H-pyrrole nitrogens is 1. The molecule has 6 rings (SSSR count). The van der Waals surface area contributed by atoms with Crippen LogP contribution in [-0.4, -0.2) is 69.9 Å². The predicted octanol–water partition coefficient (Wildman–Crippen LogP) is 4.12. The van der Waals surface area contributed by atoms with Crippen LogP contribution in [0.1, 0.15) is 18.9 Å². The highest BCUT2D eigenvalue weighted by molar-refractivity contribution is 6.33. The van der Waals surface area contributed by atoms with E-state index in [1.165, 1.54) is 0 Å². The minimum Gasteiger partial charge on any atom is -0.456 e. The van der Waals surface area contributed by atoms with Gasteiger partial charge in [0.25, 0.3) is 6.01 Å². The first-order chi connectivity index (χ1) is 18.0. The third-order valence-corrected chi connectivity index (χ3v) is 7.65. The molecule has 1 unspecified atom stereocenters. The van der Waals surface area contributed by atoms with Crippen molar-refractivity contribution in [3.05, 3.63) is 65.2 Å². The van der Waals surface area contributed by atoms with Crippen LogP contribution in [0.4, 0.5) is 0 Å². The fourth-order valence-electron chi connectivity index (χ4n) is 4.95. The first kappa shape index (κ1) is 24.3. The van der Waals surface area contributed by atoms with Crippen molar-refractivity contribution in [2.75, 3.05) is 26.4 Å². The summed E-state index contributed by atoms with van der Waals surface area (Å²) in [4.78, 5) is 12.4. The van der Waals surface area contributed by atoms with Crippen LogP contribution in [-0.2, 0) is 14.9 Å². The van der Waals surface area contributed by atoms with Gasteiger partial charge < -0.3 is 29.4 Å². The summed E-state index contributed by atoms with van der Waals surface area (Å²) in [6.07, 6.45) is 0.715. The number of aliphatic hydroxyl groups excluding tert-OH is 2. The second-order valence-corrected chi connectivity index (χ2v) is 10.3. The molecule has 2 saturated heterocycles. The number of benzene rings is 2. The monoisotopic (exact) mass is 521 g/mol. The lowest BCUT2D eigenvalue weighted by Gasteiger charge is -2.25. The van der Waals surface area contributed by atoms with Crippen LogP contribution >= 0.6 is 11.6 Å². The molecule has 4 aromatic rings. The first-order valence-electron chi connectivity index (χ1n) is 12.4. The molecule has 2 aromatic carbocycles. The van der Waals surface area contributed by atoms with Crippen LogP contribution in [0, 0.1) is 0 Å². The third kappa shape index (κ3) is 4.49. The maximum atomic E-state index is 9.65. The number of halogens is 1. The molecule has 3 atom stereocenters. The molecular weight excluding hydrogens is 494 g/mol. The molecule has 192 valence electrons.